The standard InChI is InChI=1S/C15H17N3S2/c1-2-10-3-4-11(17-9-10)7-12(18-16)14-8-15-13(20-14)5-6-19-15/h3-6,8-9,12,18H,2,7,16H2,1H3. The van der Waals surface area contributed by atoms with E-state index in [1.165, 1.54) is 19.8 Å². The molecule has 0 aromatic carbocycles. The molecule has 1 atom stereocenters. The Morgan fingerprint density at radius 3 is 2.85 bits per heavy atom. The van der Waals surface area contributed by atoms with E-state index in [9.17, 15) is 0 Å². The first kappa shape index (κ1) is 13.7. The Labute approximate surface area is 126 Å². The van der Waals surface area contributed by atoms with Crippen LogP contribution in [0.15, 0.2) is 35.8 Å². The number of hydrogen-bond donors (Lipinski definition) is 2. The maximum Gasteiger partial charge on any atom is 0.0609 e. The van der Waals surface area contributed by atoms with E-state index < -0.39 is 0 Å². The van der Waals surface area contributed by atoms with Crippen LogP contribution >= 0.6 is 22.7 Å². The van der Waals surface area contributed by atoms with E-state index in [0.29, 0.717) is 0 Å². The number of hydrogen-bond acceptors (Lipinski definition) is 5. The lowest BCUT2D eigenvalue weighted by Crippen LogP contribution is -2.29. The maximum absolute atomic E-state index is 5.73. The summed E-state index contributed by atoms with van der Waals surface area (Å²) in [5.41, 5.74) is 5.26. The SMILES string of the molecule is CCc1ccc(CC(NN)c2cc3sccc3s2)nc1. The first-order chi connectivity index (χ1) is 9.80. The Morgan fingerprint density at radius 1 is 1.30 bits per heavy atom. The van der Waals surface area contributed by atoms with Crippen LogP contribution in [-0.2, 0) is 12.8 Å². The molecule has 3 aromatic heterocycles. The predicted octanol–water partition coefficient (Wildman–Crippen LogP) is 3.67. The molecule has 0 saturated carbocycles. The van der Waals surface area contributed by atoms with Crippen molar-refractivity contribution in [2.75, 3.05) is 0 Å². The van der Waals surface area contributed by atoms with Gasteiger partial charge < -0.3 is 0 Å². The highest BCUT2D eigenvalue weighted by atomic mass is 32.1. The van der Waals surface area contributed by atoms with E-state index in [-0.39, 0.29) is 6.04 Å². The summed E-state index contributed by atoms with van der Waals surface area (Å²) in [5, 5.41) is 2.13. The van der Waals surface area contributed by atoms with Crippen molar-refractivity contribution in [2.45, 2.75) is 25.8 Å². The van der Waals surface area contributed by atoms with E-state index in [0.717, 1.165) is 18.5 Å². The smallest absolute Gasteiger partial charge is 0.0609 e. The molecule has 0 radical (unpaired) electrons. The summed E-state index contributed by atoms with van der Waals surface area (Å²) in [6.07, 6.45) is 3.79. The van der Waals surface area contributed by atoms with Crippen molar-refractivity contribution >= 4 is 32.1 Å². The van der Waals surface area contributed by atoms with E-state index in [2.05, 4.69) is 47.0 Å². The fraction of sp³-hybridized carbons (Fsp3) is 0.267. The summed E-state index contributed by atoms with van der Waals surface area (Å²) < 4.78 is 2.67. The number of nitrogens with one attached hydrogen (secondary N) is 1. The molecule has 3 rings (SSSR count). The van der Waals surface area contributed by atoms with Crippen molar-refractivity contribution in [1.82, 2.24) is 10.4 Å². The van der Waals surface area contributed by atoms with Crippen molar-refractivity contribution < 1.29 is 0 Å². The van der Waals surface area contributed by atoms with Gasteiger partial charge in [-0.25, -0.2) is 0 Å². The zero-order valence-corrected chi connectivity index (χ0v) is 12.9. The predicted molar refractivity (Wildman–Crippen MR) is 87.1 cm³/mol. The van der Waals surface area contributed by atoms with Gasteiger partial charge in [0.15, 0.2) is 0 Å². The van der Waals surface area contributed by atoms with Gasteiger partial charge in [-0.05, 0) is 35.6 Å². The molecular formula is C15H17N3S2. The topological polar surface area (TPSA) is 50.9 Å². The second-order valence-electron chi connectivity index (χ2n) is 4.73. The lowest BCUT2D eigenvalue weighted by Gasteiger charge is -2.13. The number of fused-ring (bicyclic) bond motifs is 1. The third-order valence-electron chi connectivity index (χ3n) is 3.41. The summed E-state index contributed by atoms with van der Waals surface area (Å²) >= 11 is 3.58. The Morgan fingerprint density at radius 2 is 2.20 bits per heavy atom. The molecule has 3 N–H and O–H groups in total. The molecule has 3 nitrogen and oxygen atoms in total. The molecule has 3 heterocycles. The van der Waals surface area contributed by atoms with Crippen LogP contribution in [-0.4, -0.2) is 4.98 Å². The zero-order chi connectivity index (χ0) is 13.9. The highest BCUT2D eigenvalue weighted by Crippen LogP contribution is 2.34. The molecule has 0 spiro atoms. The third kappa shape index (κ3) is 2.76. The lowest BCUT2D eigenvalue weighted by atomic mass is 10.1. The van der Waals surface area contributed by atoms with Gasteiger partial charge in [-0.15, -0.1) is 22.7 Å². The monoisotopic (exact) mass is 303 g/mol. The minimum atomic E-state index is 0.125. The van der Waals surface area contributed by atoms with Crippen LogP contribution in [0.5, 0.6) is 0 Å². The summed E-state index contributed by atoms with van der Waals surface area (Å²) in [7, 11) is 0. The summed E-state index contributed by atoms with van der Waals surface area (Å²) in [4.78, 5) is 5.79. The Bertz CT molecular complexity index is 656. The number of hydrazine groups is 1. The molecule has 0 amide bonds. The van der Waals surface area contributed by atoms with Crippen molar-refractivity contribution in [2.24, 2.45) is 5.84 Å². The van der Waals surface area contributed by atoms with Crippen LogP contribution < -0.4 is 11.3 Å². The van der Waals surface area contributed by atoms with Gasteiger partial charge in [-0.3, -0.25) is 16.3 Å². The second-order valence-corrected chi connectivity index (χ2v) is 6.80. The molecule has 0 aliphatic rings. The largest absolute Gasteiger partial charge is 0.271 e. The molecule has 20 heavy (non-hydrogen) atoms. The van der Waals surface area contributed by atoms with Gasteiger partial charge in [0.1, 0.15) is 0 Å². The van der Waals surface area contributed by atoms with E-state index in [1.807, 2.05) is 6.20 Å². The molecule has 0 aliphatic carbocycles. The van der Waals surface area contributed by atoms with E-state index >= 15 is 0 Å². The Kier molecular flexibility index (Phi) is 4.12. The molecular weight excluding hydrogens is 286 g/mol. The molecule has 104 valence electrons. The van der Waals surface area contributed by atoms with Gasteiger partial charge in [0, 0.05) is 32.6 Å². The van der Waals surface area contributed by atoms with Crippen molar-refractivity contribution in [1.29, 1.82) is 0 Å². The van der Waals surface area contributed by atoms with Crippen LogP contribution in [0, 0.1) is 0 Å². The van der Waals surface area contributed by atoms with Gasteiger partial charge in [-0.1, -0.05) is 13.0 Å². The third-order valence-corrected chi connectivity index (χ3v) is 5.62. The quantitative estimate of drug-likeness (QED) is 0.558. The molecule has 0 saturated heterocycles. The molecule has 0 fully saturated rings. The minimum Gasteiger partial charge on any atom is -0.271 e. The number of nitrogens with zero attached hydrogens (tertiary/aromatic N) is 1. The van der Waals surface area contributed by atoms with Gasteiger partial charge in [0.25, 0.3) is 0 Å². The molecule has 1 unspecified atom stereocenters. The molecule has 0 aliphatic heterocycles. The number of aromatic nitrogens is 1. The number of rotatable bonds is 5. The highest BCUT2D eigenvalue weighted by Gasteiger charge is 2.15. The van der Waals surface area contributed by atoms with Crippen LogP contribution in [0.4, 0.5) is 0 Å². The fourth-order valence-corrected chi connectivity index (χ4v) is 4.37. The van der Waals surface area contributed by atoms with Crippen LogP contribution in [0.2, 0.25) is 0 Å². The van der Waals surface area contributed by atoms with E-state index in [1.54, 1.807) is 22.7 Å². The van der Waals surface area contributed by atoms with Gasteiger partial charge in [0.2, 0.25) is 0 Å². The minimum absolute atomic E-state index is 0.125. The van der Waals surface area contributed by atoms with Crippen molar-refractivity contribution in [3.05, 3.63) is 52.0 Å². The van der Waals surface area contributed by atoms with E-state index in [4.69, 9.17) is 5.84 Å². The van der Waals surface area contributed by atoms with Crippen LogP contribution in [0.3, 0.4) is 0 Å². The summed E-state index contributed by atoms with van der Waals surface area (Å²) in [6.45, 7) is 2.14. The lowest BCUT2D eigenvalue weighted by molar-refractivity contribution is 0.554. The highest BCUT2D eigenvalue weighted by molar-refractivity contribution is 7.26. The number of thiophene rings is 2. The van der Waals surface area contributed by atoms with Crippen LogP contribution in [0.25, 0.3) is 9.40 Å². The van der Waals surface area contributed by atoms with Crippen molar-refractivity contribution in [3.63, 3.8) is 0 Å². The average molecular weight is 303 g/mol. The summed E-state index contributed by atoms with van der Waals surface area (Å²) in [6, 6.07) is 8.76. The maximum atomic E-state index is 5.73. The number of aryl methyl sites for hydroxylation is 1. The Hall–Kier alpha value is -1.27. The normalized spacial score (nSPS) is 12.9. The molecule has 0 bridgehead atoms. The van der Waals surface area contributed by atoms with Crippen LogP contribution in [0.1, 0.15) is 29.1 Å². The first-order valence-electron chi connectivity index (χ1n) is 6.67. The van der Waals surface area contributed by atoms with Gasteiger partial charge >= 0.3 is 0 Å². The number of pyridine rings is 1. The summed E-state index contributed by atoms with van der Waals surface area (Å²) in [5.74, 6) is 5.73. The van der Waals surface area contributed by atoms with Crippen molar-refractivity contribution in [3.8, 4) is 0 Å². The zero-order valence-electron chi connectivity index (χ0n) is 11.3. The second kappa shape index (κ2) is 6.01. The molecule has 5 heteroatoms. The Balaban J connectivity index is 1.80. The van der Waals surface area contributed by atoms with Gasteiger partial charge in [-0.2, -0.15) is 0 Å². The van der Waals surface area contributed by atoms with Gasteiger partial charge in [0.05, 0.1) is 6.04 Å². The first-order valence-corrected chi connectivity index (χ1v) is 8.36. The fourth-order valence-electron chi connectivity index (χ4n) is 2.19. The average Bonchev–Trinajstić information content (AvgIpc) is 3.06. The molecule has 3 aromatic rings. The number of nitrogens with two attached hydrogens (primary N) is 1.